The third-order valence-electron chi connectivity index (χ3n) is 7.11. The largest absolute Gasteiger partial charge is 0.371 e. The summed E-state index contributed by atoms with van der Waals surface area (Å²) in [6.07, 6.45) is 5.69. The van der Waals surface area contributed by atoms with E-state index in [-0.39, 0.29) is 0 Å². The molecule has 3 N–H and O–H groups in total. The van der Waals surface area contributed by atoms with E-state index in [9.17, 15) is 0 Å². The predicted octanol–water partition coefficient (Wildman–Crippen LogP) is 5.88. The number of piperidine rings is 1. The molecular weight excluding hydrogens is 510 g/mol. The fraction of sp³-hybridized carbons (Fsp3) is 0.219. The SMILES string of the molecule is Cc1cccc(-c2nccc(Nc3ccnc(Nc4ccc(N5CCC(NCc6ccccc6)CC5)cc4)n3)n2)n1. The average molecular weight is 544 g/mol. The number of nitrogens with one attached hydrogen (secondary N) is 3. The van der Waals surface area contributed by atoms with E-state index in [0.717, 1.165) is 49.6 Å². The van der Waals surface area contributed by atoms with Crippen LogP contribution in [0, 0.1) is 6.92 Å². The Labute approximate surface area is 240 Å². The molecule has 6 rings (SSSR count). The Morgan fingerprint density at radius 2 is 1.49 bits per heavy atom. The van der Waals surface area contributed by atoms with Crippen LogP contribution in [0.5, 0.6) is 0 Å². The number of hydrogen-bond donors (Lipinski definition) is 3. The lowest BCUT2D eigenvalue weighted by Gasteiger charge is -2.34. The number of rotatable bonds is 9. The molecule has 9 heteroatoms. The van der Waals surface area contributed by atoms with Crippen LogP contribution in [0.15, 0.2) is 97.3 Å². The number of aromatic nitrogens is 5. The Kier molecular flexibility index (Phi) is 8.05. The second-order valence-corrected chi connectivity index (χ2v) is 10.1. The topological polar surface area (TPSA) is 104 Å². The normalized spacial score (nSPS) is 13.6. The van der Waals surface area contributed by atoms with Gasteiger partial charge in [0, 0.05) is 55.1 Å². The average Bonchev–Trinajstić information content (AvgIpc) is 3.02. The standard InChI is InChI=1S/C32H33N9/c1-23-6-5-9-28(36-23)31-33-18-14-29(39-31)38-30-15-19-34-32(40-30)37-26-10-12-27(13-11-26)41-20-16-25(17-21-41)35-22-24-7-3-2-4-8-24/h2-15,18-19,25,35H,16-17,20-22H2,1H3,(H2,33,34,37,38,39,40). The minimum atomic E-state index is 0.502. The number of anilines is 5. The van der Waals surface area contributed by atoms with E-state index in [1.165, 1.54) is 11.3 Å². The van der Waals surface area contributed by atoms with Crippen molar-refractivity contribution in [2.75, 3.05) is 28.6 Å². The van der Waals surface area contributed by atoms with Crippen molar-refractivity contribution in [3.05, 3.63) is 109 Å². The quantitative estimate of drug-likeness (QED) is 0.210. The van der Waals surface area contributed by atoms with E-state index >= 15 is 0 Å². The van der Waals surface area contributed by atoms with Crippen LogP contribution in [0.2, 0.25) is 0 Å². The van der Waals surface area contributed by atoms with Crippen LogP contribution in [0.25, 0.3) is 11.5 Å². The van der Waals surface area contributed by atoms with Crippen LogP contribution in [-0.2, 0) is 6.54 Å². The highest BCUT2D eigenvalue weighted by Crippen LogP contribution is 2.24. The van der Waals surface area contributed by atoms with Gasteiger partial charge in [-0.1, -0.05) is 36.4 Å². The fourth-order valence-corrected chi connectivity index (χ4v) is 4.92. The Morgan fingerprint density at radius 1 is 0.732 bits per heavy atom. The van der Waals surface area contributed by atoms with Crippen LogP contribution < -0.4 is 20.9 Å². The molecule has 0 radical (unpaired) electrons. The van der Waals surface area contributed by atoms with Gasteiger partial charge < -0.3 is 20.9 Å². The summed E-state index contributed by atoms with van der Waals surface area (Å²) >= 11 is 0. The van der Waals surface area contributed by atoms with Gasteiger partial charge in [0.1, 0.15) is 17.3 Å². The summed E-state index contributed by atoms with van der Waals surface area (Å²) in [4.78, 5) is 24.9. The minimum absolute atomic E-state index is 0.502. The minimum Gasteiger partial charge on any atom is -0.371 e. The summed E-state index contributed by atoms with van der Waals surface area (Å²) in [5.41, 5.74) is 5.14. The molecule has 3 aromatic heterocycles. The first-order valence-corrected chi connectivity index (χ1v) is 13.9. The van der Waals surface area contributed by atoms with Gasteiger partial charge >= 0.3 is 0 Å². The highest BCUT2D eigenvalue weighted by atomic mass is 15.2. The molecule has 2 aromatic carbocycles. The van der Waals surface area contributed by atoms with E-state index in [0.29, 0.717) is 29.5 Å². The molecule has 4 heterocycles. The number of benzene rings is 2. The van der Waals surface area contributed by atoms with E-state index in [4.69, 9.17) is 0 Å². The van der Waals surface area contributed by atoms with Gasteiger partial charge in [-0.2, -0.15) is 4.98 Å². The van der Waals surface area contributed by atoms with Crippen LogP contribution in [0.1, 0.15) is 24.1 Å². The van der Waals surface area contributed by atoms with E-state index in [2.05, 4.69) is 100 Å². The molecule has 0 atom stereocenters. The van der Waals surface area contributed by atoms with Crippen molar-refractivity contribution in [2.45, 2.75) is 32.4 Å². The molecule has 5 aromatic rings. The summed E-state index contributed by atoms with van der Waals surface area (Å²) in [6, 6.07) is 29.0. The lowest BCUT2D eigenvalue weighted by Crippen LogP contribution is -2.42. The maximum Gasteiger partial charge on any atom is 0.229 e. The molecule has 1 aliphatic rings. The van der Waals surface area contributed by atoms with Crippen LogP contribution in [0.4, 0.5) is 29.0 Å². The van der Waals surface area contributed by atoms with Crippen molar-refractivity contribution >= 4 is 29.0 Å². The Bertz CT molecular complexity index is 1570. The van der Waals surface area contributed by atoms with Crippen molar-refractivity contribution in [3.8, 4) is 11.5 Å². The fourth-order valence-electron chi connectivity index (χ4n) is 4.92. The van der Waals surface area contributed by atoms with Crippen LogP contribution in [-0.4, -0.2) is 44.1 Å². The van der Waals surface area contributed by atoms with E-state index < -0.39 is 0 Å². The Morgan fingerprint density at radius 3 is 2.27 bits per heavy atom. The lowest BCUT2D eigenvalue weighted by molar-refractivity contribution is 0.414. The molecular formula is C32H33N9. The second kappa shape index (κ2) is 12.5. The predicted molar refractivity (Wildman–Crippen MR) is 164 cm³/mol. The number of aryl methyl sites for hydroxylation is 1. The Hall–Kier alpha value is -4.89. The molecule has 0 aliphatic carbocycles. The zero-order valence-corrected chi connectivity index (χ0v) is 23.0. The summed E-state index contributed by atoms with van der Waals surface area (Å²) in [5, 5.41) is 10.3. The molecule has 9 nitrogen and oxygen atoms in total. The Balaban J connectivity index is 1.03. The first kappa shape index (κ1) is 26.3. The van der Waals surface area contributed by atoms with Crippen molar-refractivity contribution in [3.63, 3.8) is 0 Å². The molecule has 206 valence electrons. The number of hydrogen-bond acceptors (Lipinski definition) is 9. The van der Waals surface area contributed by atoms with Gasteiger partial charge in [0.2, 0.25) is 5.95 Å². The molecule has 41 heavy (non-hydrogen) atoms. The number of nitrogens with zero attached hydrogens (tertiary/aromatic N) is 6. The van der Waals surface area contributed by atoms with Gasteiger partial charge in [-0.15, -0.1) is 0 Å². The molecule has 1 aliphatic heterocycles. The van der Waals surface area contributed by atoms with Gasteiger partial charge in [-0.05, 0) is 73.9 Å². The molecule has 0 amide bonds. The molecule has 0 bridgehead atoms. The van der Waals surface area contributed by atoms with E-state index in [1.807, 2.05) is 25.1 Å². The van der Waals surface area contributed by atoms with Gasteiger partial charge in [-0.3, -0.25) is 0 Å². The van der Waals surface area contributed by atoms with Crippen molar-refractivity contribution in [1.29, 1.82) is 0 Å². The van der Waals surface area contributed by atoms with Gasteiger partial charge in [-0.25, -0.2) is 19.9 Å². The van der Waals surface area contributed by atoms with Crippen LogP contribution in [0.3, 0.4) is 0 Å². The zero-order valence-electron chi connectivity index (χ0n) is 23.0. The third kappa shape index (κ3) is 7.01. The molecule has 0 spiro atoms. The van der Waals surface area contributed by atoms with Gasteiger partial charge in [0.05, 0.1) is 0 Å². The molecule has 1 fully saturated rings. The van der Waals surface area contributed by atoms with Gasteiger partial charge in [0.25, 0.3) is 0 Å². The maximum absolute atomic E-state index is 4.61. The molecule has 1 saturated heterocycles. The zero-order chi connectivity index (χ0) is 27.9. The summed E-state index contributed by atoms with van der Waals surface area (Å²) in [7, 11) is 0. The van der Waals surface area contributed by atoms with Crippen molar-refractivity contribution in [2.24, 2.45) is 0 Å². The van der Waals surface area contributed by atoms with Gasteiger partial charge in [0.15, 0.2) is 5.82 Å². The summed E-state index contributed by atoms with van der Waals surface area (Å²) in [6.45, 7) is 4.96. The third-order valence-corrected chi connectivity index (χ3v) is 7.11. The van der Waals surface area contributed by atoms with Crippen molar-refractivity contribution in [1.82, 2.24) is 30.2 Å². The second-order valence-electron chi connectivity index (χ2n) is 10.1. The number of pyridine rings is 1. The van der Waals surface area contributed by atoms with Crippen LogP contribution >= 0.6 is 0 Å². The van der Waals surface area contributed by atoms with E-state index in [1.54, 1.807) is 24.5 Å². The van der Waals surface area contributed by atoms with Crippen molar-refractivity contribution < 1.29 is 0 Å². The maximum atomic E-state index is 4.61. The highest BCUT2D eigenvalue weighted by molar-refractivity contribution is 5.62. The highest BCUT2D eigenvalue weighted by Gasteiger charge is 2.19. The summed E-state index contributed by atoms with van der Waals surface area (Å²) in [5.74, 6) is 2.32. The lowest BCUT2D eigenvalue weighted by atomic mass is 10.0. The molecule has 0 saturated carbocycles. The first-order valence-electron chi connectivity index (χ1n) is 13.9. The molecule has 0 unspecified atom stereocenters. The summed E-state index contributed by atoms with van der Waals surface area (Å²) < 4.78 is 0. The monoisotopic (exact) mass is 543 g/mol. The first-order chi connectivity index (χ1) is 20.2. The smallest absolute Gasteiger partial charge is 0.229 e.